The van der Waals surface area contributed by atoms with E-state index >= 15 is 0 Å². The summed E-state index contributed by atoms with van der Waals surface area (Å²) in [5, 5.41) is 14.7. The van der Waals surface area contributed by atoms with Crippen molar-refractivity contribution in [1.29, 1.82) is 0 Å². The van der Waals surface area contributed by atoms with Crippen molar-refractivity contribution in [2.45, 2.75) is 428 Å². The SMILES string of the molecule is C=C(c1cc(CC(C)C)cc(C(=O)C(C)C)c1)C(C)C.CC(C)C(=O)CCCCC(C(=O)C(C)C)C(CC(=O)C(C)C)CC(=O)C(C)C.CC(C)C(=O)CN(CCN(CC(=O)C(C)C)C(=O)C(C)C)CC(=O)C(C)C.CC(C)NC(CCC(=O)NC(CCC(=O)C(C)C)C(=O)C(C)C)C(=O)C(C)C.CC(C)NC(CCC(=O)NC(CCC(=O)NC(CCC(=O)C(C)C)C(=O)C(C)C)C(=O)C(C)C)C(=O)C(C)C. The number of carbonyl (C=O) groups excluding carboxylic acids is 19. The topological polar surface area (TPSA) is 391 Å². The van der Waals surface area contributed by atoms with E-state index in [-0.39, 0.29) is 307 Å². The molecule has 0 spiro atoms. The van der Waals surface area contributed by atoms with E-state index in [4.69, 9.17) is 0 Å². The van der Waals surface area contributed by atoms with Crippen LogP contribution in [0.15, 0.2) is 24.8 Å². The lowest BCUT2D eigenvalue weighted by molar-refractivity contribution is -0.139. The van der Waals surface area contributed by atoms with E-state index in [1.54, 1.807) is 79.0 Å². The Morgan fingerprint density at radius 3 is 0.859 bits per heavy atom. The van der Waals surface area contributed by atoms with Crippen LogP contribution in [0.5, 0.6) is 0 Å². The molecule has 142 heavy (non-hydrogen) atoms. The summed E-state index contributed by atoms with van der Waals surface area (Å²) in [6.07, 6.45) is 6.18. The van der Waals surface area contributed by atoms with E-state index in [1.807, 2.05) is 186 Å². The average Bonchev–Trinajstić information content (AvgIpc) is 0.818. The molecule has 26 nitrogen and oxygen atoms in total. The van der Waals surface area contributed by atoms with Gasteiger partial charge in [0.15, 0.2) is 40.5 Å². The second-order valence-electron chi connectivity index (χ2n) is 45.5. The number of rotatable bonds is 68. The van der Waals surface area contributed by atoms with Crippen molar-refractivity contribution in [2.24, 2.45) is 118 Å². The summed E-state index contributed by atoms with van der Waals surface area (Å²) in [5.41, 5.74) is 4.29. The average molecular weight is 2000 g/mol. The lowest BCUT2D eigenvalue weighted by atomic mass is 9.74. The zero-order valence-corrected chi connectivity index (χ0v) is 96.2. The minimum atomic E-state index is -0.859. The minimum absolute atomic E-state index is 0.00654. The van der Waals surface area contributed by atoms with Gasteiger partial charge < -0.3 is 31.5 Å². The third-order valence-electron chi connectivity index (χ3n) is 24.9. The van der Waals surface area contributed by atoms with Crippen molar-refractivity contribution >= 4 is 116 Å². The van der Waals surface area contributed by atoms with Crippen LogP contribution in [0, 0.1) is 118 Å². The van der Waals surface area contributed by atoms with E-state index in [9.17, 15) is 91.1 Å². The van der Waals surface area contributed by atoms with Crippen molar-refractivity contribution in [3.8, 4) is 0 Å². The maximum atomic E-state index is 12.9. The molecule has 0 aliphatic heterocycles. The summed E-state index contributed by atoms with van der Waals surface area (Å²) in [6.45, 7) is 80.4. The first-order valence-corrected chi connectivity index (χ1v) is 53.5. The molecule has 0 bridgehead atoms. The van der Waals surface area contributed by atoms with Gasteiger partial charge in [0.1, 0.15) is 46.3 Å². The summed E-state index contributed by atoms with van der Waals surface area (Å²) in [4.78, 5) is 239. The van der Waals surface area contributed by atoms with Crippen LogP contribution in [0.4, 0.5) is 0 Å². The quantitative estimate of drug-likeness (QED) is 0.0299. The Bertz CT molecular complexity index is 4050. The summed E-state index contributed by atoms with van der Waals surface area (Å²) in [7, 11) is 0. The highest BCUT2D eigenvalue weighted by Crippen LogP contribution is 2.33. The van der Waals surface area contributed by atoms with Crippen LogP contribution in [-0.4, -0.2) is 195 Å². The number of unbranched alkanes of at least 4 members (excludes halogenated alkanes) is 1. The molecule has 0 heterocycles. The molecule has 6 atom stereocenters. The van der Waals surface area contributed by atoms with E-state index in [0.29, 0.717) is 57.0 Å². The van der Waals surface area contributed by atoms with E-state index in [1.165, 1.54) is 5.56 Å². The maximum absolute atomic E-state index is 12.9. The number of hydrogen-bond acceptors (Lipinski definition) is 22. The Morgan fingerprint density at radius 2 is 0.570 bits per heavy atom. The predicted molar refractivity (Wildman–Crippen MR) is 574 cm³/mol. The molecule has 0 aliphatic rings. The fourth-order valence-electron chi connectivity index (χ4n) is 15.0. The minimum Gasteiger partial charge on any atom is -0.346 e. The van der Waals surface area contributed by atoms with Gasteiger partial charge in [-0.3, -0.25) is 96.0 Å². The normalized spacial score (nSPS) is 13.0. The molecule has 1 aromatic carbocycles. The zero-order chi connectivity index (χ0) is 111. The van der Waals surface area contributed by atoms with Gasteiger partial charge in [0.05, 0.1) is 49.8 Å². The number of hydrogen-bond donors (Lipinski definition) is 5. The van der Waals surface area contributed by atoms with Gasteiger partial charge in [-0.15, -0.1) is 0 Å². The van der Waals surface area contributed by atoms with Gasteiger partial charge in [-0.25, -0.2) is 0 Å². The molecule has 0 saturated carbocycles. The number of allylic oxidation sites excluding steroid dienone is 1. The lowest BCUT2D eigenvalue weighted by Gasteiger charge is -2.29. The number of nitrogens with one attached hydrogen (secondary N) is 5. The van der Waals surface area contributed by atoms with Gasteiger partial charge in [-0.2, -0.15) is 0 Å². The molecule has 5 N–H and O–H groups in total. The summed E-state index contributed by atoms with van der Waals surface area (Å²) < 4.78 is 0. The summed E-state index contributed by atoms with van der Waals surface area (Å²) >= 11 is 0. The van der Waals surface area contributed by atoms with E-state index in [2.05, 4.69) is 73.0 Å². The first-order valence-electron chi connectivity index (χ1n) is 53.5. The van der Waals surface area contributed by atoms with Gasteiger partial charge in [0, 0.05) is 183 Å². The monoisotopic (exact) mass is 2000 g/mol. The largest absolute Gasteiger partial charge is 0.346 e. The molecule has 0 fully saturated rings. The Hall–Kier alpha value is -8.23. The van der Waals surface area contributed by atoms with Gasteiger partial charge >= 0.3 is 0 Å². The molecule has 0 radical (unpaired) electrons. The fraction of sp³-hybridized carbons (Fsp3) is 0.767. The van der Waals surface area contributed by atoms with Crippen LogP contribution >= 0.6 is 0 Å². The Morgan fingerprint density at radius 1 is 0.275 bits per heavy atom. The third kappa shape index (κ3) is 60.6. The highest BCUT2D eigenvalue weighted by Gasteiger charge is 2.36. The molecule has 6 unspecified atom stereocenters. The van der Waals surface area contributed by atoms with Gasteiger partial charge in [-0.05, 0) is 98.0 Å². The van der Waals surface area contributed by atoms with E-state index in [0.717, 1.165) is 36.0 Å². The number of carbonyl (C=O) groups is 19. The van der Waals surface area contributed by atoms with Crippen LogP contribution in [0.2, 0.25) is 0 Å². The van der Waals surface area contributed by atoms with Crippen molar-refractivity contribution in [3.05, 3.63) is 41.5 Å². The summed E-state index contributed by atoms with van der Waals surface area (Å²) in [5.74, 6) is -2.19. The highest BCUT2D eigenvalue weighted by molar-refractivity contribution is 5.99. The maximum Gasteiger partial charge on any atom is 0.225 e. The molecular weight excluding hydrogens is 1800 g/mol. The molecule has 0 aromatic heterocycles. The van der Waals surface area contributed by atoms with Crippen LogP contribution in [0.3, 0.4) is 0 Å². The third-order valence-corrected chi connectivity index (χ3v) is 24.9. The van der Waals surface area contributed by atoms with Crippen LogP contribution < -0.4 is 26.6 Å². The molecule has 0 aliphatic carbocycles. The Labute approximate surface area is 859 Å². The Balaban J connectivity index is -0.000000851. The molecule has 4 amide bonds. The second-order valence-corrected chi connectivity index (χ2v) is 45.5. The number of benzene rings is 1. The fourth-order valence-corrected chi connectivity index (χ4v) is 15.0. The molecule has 1 aromatic rings. The van der Waals surface area contributed by atoms with E-state index < -0.39 is 30.1 Å². The van der Waals surface area contributed by atoms with Crippen LogP contribution in [0.1, 0.15) is 401 Å². The summed E-state index contributed by atoms with van der Waals surface area (Å²) in [6, 6.07) is 3.32. The molecule has 26 heteroatoms. The van der Waals surface area contributed by atoms with Crippen molar-refractivity contribution in [1.82, 2.24) is 36.4 Å². The van der Waals surface area contributed by atoms with Crippen molar-refractivity contribution in [2.75, 3.05) is 32.7 Å². The number of Topliss-reactive ketones (excluding diaryl/α,β-unsaturated/α-hetero) is 15. The molecule has 1 rings (SSSR count). The van der Waals surface area contributed by atoms with Crippen LogP contribution in [0.25, 0.3) is 5.57 Å². The highest BCUT2D eigenvalue weighted by atomic mass is 16.2. The smallest absolute Gasteiger partial charge is 0.225 e. The molecular formula is C116H201N7O19. The van der Waals surface area contributed by atoms with Crippen molar-refractivity contribution in [3.63, 3.8) is 0 Å². The number of ketones is 15. The number of nitrogens with zero attached hydrogens (tertiary/aromatic N) is 2. The molecule has 0 saturated heterocycles. The second kappa shape index (κ2) is 72.9. The first-order chi connectivity index (χ1) is 65.3. The van der Waals surface area contributed by atoms with Gasteiger partial charge in [-0.1, -0.05) is 296 Å². The Kier molecular flexibility index (Phi) is 71.9. The lowest BCUT2D eigenvalue weighted by Crippen LogP contribution is -2.46. The van der Waals surface area contributed by atoms with Gasteiger partial charge in [0.2, 0.25) is 23.6 Å². The standard InChI is InChI=1S/C30H53N3O6.C24H42O4.C22H40N2O4.C21H38N2O4.C19H28O/c1-17(2)25(34)14-11-23(29(38)19(5)6)32-27(36)16-13-24(30(39)20(7)8)33-26(35)15-12-22(31-21(9)10)28(37)18(3)4;1-15(2)21(25)12-10-9-11-20(24(28)18(7)8)19(13-22(26)16(3)4)14-23(27)17(5)6;1-13(2)19(25)11-9-18(22(28)15(5)6)24-20(26)12-10-17(23-16(7)8)21(27)14(3)4;1-14(2)18(24)11-22(12-19(25)15(3)4)9-10-23(21(27)17(7)8)13-20(26)16(5)6;1-12(2)8-16-9-17(15(7)13(3)4)11-18(10-16)19(20)14(5)6/h17-24,31H,11-16H2,1-10H3,(H,32,36)(H,33,35);15-20H,9-14H2,1-8H3;13-18,23H,9-12H2,1-8H3,(H,24,26);14-17H,9-13H2,1-8H3;9-14H,7-8H2,1-6H3. The molecule has 814 valence electrons. The van der Waals surface area contributed by atoms with Crippen LogP contribution in [-0.2, 0) is 92.7 Å². The predicted octanol–water partition coefficient (Wildman–Crippen LogP) is 19.9. The first kappa shape index (κ1) is 140. The number of amides is 4. The van der Waals surface area contributed by atoms with Crippen molar-refractivity contribution < 1.29 is 91.1 Å². The zero-order valence-electron chi connectivity index (χ0n) is 96.2. The van der Waals surface area contributed by atoms with Gasteiger partial charge in [0.25, 0.3) is 0 Å².